The van der Waals surface area contributed by atoms with Crippen molar-refractivity contribution in [3.63, 3.8) is 0 Å². The highest BCUT2D eigenvalue weighted by Crippen LogP contribution is 2.37. The van der Waals surface area contributed by atoms with Crippen LogP contribution >= 0.6 is 11.3 Å². The number of halogens is 1. The summed E-state index contributed by atoms with van der Waals surface area (Å²) in [7, 11) is 1.35. The minimum absolute atomic E-state index is 0.325. The Bertz CT molecular complexity index is 839. The second-order valence-corrected chi connectivity index (χ2v) is 7.24. The lowest BCUT2D eigenvalue weighted by Crippen LogP contribution is -2.12. The number of ether oxygens (including phenoxy) is 1. The number of amides is 1. The lowest BCUT2D eigenvalue weighted by molar-refractivity contribution is -0.111. The second kappa shape index (κ2) is 8.27. The zero-order valence-electron chi connectivity index (χ0n) is 14.5. The molecule has 1 aliphatic carbocycles. The van der Waals surface area contributed by atoms with Crippen molar-refractivity contribution >= 4 is 34.3 Å². The number of esters is 1. The number of nitrogens with one attached hydrogen (secondary N) is 1. The van der Waals surface area contributed by atoms with Gasteiger partial charge in [0.1, 0.15) is 10.8 Å². The van der Waals surface area contributed by atoms with Gasteiger partial charge in [-0.15, -0.1) is 11.3 Å². The lowest BCUT2D eigenvalue weighted by atomic mass is 10.1. The molecule has 0 unspecified atom stereocenters. The maximum Gasteiger partial charge on any atom is 0.341 e. The Morgan fingerprint density at radius 2 is 1.88 bits per heavy atom. The van der Waals surface area contributed by atoms with Crippen molar-refractivity contribution in [3.05, 3.63) is 57.7 Å². The minimum Gasteiger partial charge on any atom is -0.465 e. The van der Waals surface area contributed by atoms with E-state index in [-0.39, 0.29) is 11.7 Å². The fraction of sp³-hybridized carbons (Fsp3) is 0.300. The highest BCUT2D eigenvalue weighted by atomic mass is 32.1. The normalized spacial score (nSPS) is 13.9. The molecule has 3 rings (SSSR count). The molecule has 0 fully saturated rings. The first-order valence-electron chi connectivity index (χ1n) is 8.56. The number of anilines is 1. The van der Waals surface area contributed by atoms with Crippen molar-refractivity contribution < 1.29 is 18.7 Å². The third kappa shape index (κ3) is 4.19. The van der Waals surface area contributed by atoms with Crippen LogP contribution in [-0.4, -0.2) is 19.0 Å². The molecule has 1 aromatic heterocycles. The van der Waals surface area contributed by atoms with Gasteiger partial charge in [-0.05, 0) is 55.0 Å². The maximum atomic E-state index is 12.9. The Kier molecular flexibility index (Phi) is 5.83. The molecule has 0 bridgehead atoms. The molecular formula is C20H20FNO3S. The number of hydrogen-bond acceptors (Lipinski definition) is 4. The molecule has 1 heterocycles. The molecule has 136 valence electrons. The number of thiophene rings is 1. The second-order valence-electron chi connectivity index (χ2n) is 6.13. The van der Waals surface area contributed by atoms with Crippen molar-refractivity contribution in [2.24, 2.45) is 0 Å². The van der Waals surface area contributed by atoms with Crippen LogP contribution < -0.4 is 5.32 Å². The minimum atomic E-state index is -0.415. The van der Waals surface area contributed by atoms with E-state index in [1.54, 1.807) is 18.2 Å². The Hall–Kier alpha value is -2.47. The molecule has 1 N–H and O–H groups in total. The summed E-state index contributed by atoms with van der Waals surface area (Å²) in [6.07, 6.45) is 7.99. The first kappa shape index (κ1) is 18.3. The van der Waals surface area contributed by atoms with Crippen LogP contribution in [0.5, 0.6) is 0 Å². The lowest BCUT2D eigenvalue weighted by Gasteiger charge is -2.06. The van der Waals surface area contributed by atoms with Gasteiger partial charge in [0.15, 0.2) is 0 Å². The van der Waals surface area contributed by atoms with Gasteiger partial charge in [0, 0.05) is 11.0 Å². The average Bonchev–Trinajstić information content (AvgIpc) is 2.81. The number of methoxy groups -OCH3 is 1. The van der Waals surface area contributed by atoms with E-state index in [0.717, 1.165) is 48.1 Å². The summed E-state index contributed by atoms with van der Waals surface area (Å²) in [6, 6.07) is 5.85. The van der Waals surface area contributed by atoms with Gasteiger partial charge in [0.05, 0.1) is 12.7 Å². The van der Waals surface area contributed by atoms with Crippen LogP contribution in [-0.2, 0) is 22.4 Å². The monoisotopic (exact) mass is 373 g/mol. The first-order chi connectivity index (χ1) is 12.6. The number of aryl methyl sites for hydroxylation is 1. The smallest absolute Gasteiger partial charge is 0.341 e. The van der Waals surface area contributed by atoms with E-state index in [1.165, 1.54) is 36.7 Å². The molecule has 1 aliphatic rings. The van der Waals surface area contributed by atoms with E-state index in [0.29, 0.717) is 10.6 Å². The van der Waals surface area contributed by atoms with Crippen molar-refractivity contribution in [3.8, 4) is 0 Å². The predicted molar refractivity (Wildman–Crippen MR) is 101 cm³/mol. The summed E-state index contributed by atoms with van der Waals surface area (Å²) in [4.78, 5) is 25.7. The fourth-order valence-electron chi connectivity index (χ4n) is 3.05. The van der Waals surface area contributed by atoms with E-state index in [4.69, 9.17) is 4.74 Å². The van der Waals surface area contributed by atoms with Crippen LogP contribution in [0.15, 0.2) is 30.3 Å². The molecule has 0 radical (unpaired) electrons. The molecule has 0 aliphatic heterocycles. The Balaban J connectivity index is 1.81. The number of carbonyl (C=O) groups excluding carboxylic acids is 2. The summed E-state index contributed by atoms with van der Waals surface area (Å²) in [6.45, 7) is 0. The fourth-order valence-corrected chi connectivity index (χ4v) is 4.33. The van der Waals surface area contributed by atoms with Crippen molar-refractivity contribution in [2.75, 3.05) is 12.4 Å². The molecule has 0 saturated heterocycles. The topological polar surface area (TPSA) is 55.4 Å². The van der Waals surface area contributed by atoms with E-state index < -0.39 is 5.97 Å². The van der Waals surface area contributed by atoms with Gasteiger partial charge >= 0.3 is 5.97 Å². The van der Waals surface area contributed by atoms with E-state index in [1.807, 2.05) is 0 Å². The van der Waals surface area contributed by atoms with Crippen LogP contribution in [0, 0.1) is 5.82 Å². The van der Waals surface area contributed by atoms with Gasteiger partial charge in [-0.3, -0.25) is 4.79 Å². The van der Waals surface area contributed by atoms with E-state index >= 15 is 0 Å². The quantitative estimate of drug-likeness (QED) is 0.484. The van der Waals surface area contributed by atoms with Crippen molar-refractivity contribution in [2.45, 2.75) is 32.1 Å². The molecule has 6 heteroatoms. The predicted octanol–water partition coefficient (Wildman–Crippen LogP) is 4.59. The molecule has 0 saturated carbocycles. The third-order valence-corrected chi connectivity index (χ3v) is 5.55. The Labute approximate surface area is 155 Å². The van der Waals surface area contributed by atoms with Crippen molar-refractivity contribution in [1.29, 1.82) is 0 Å². The summed E-state index contributed by atoms with van der Waals surface area (Å²) in [5.74, 6) is -1.08. The SMILES string of the molecule is COC(=O)c1c(NC(=O)/C=C/c2ccc(F)cc2)sc2c1CCCCC2. The van der Waals surface area contributed by atoms with Gasteiger partial charge in [-0.2, -0.15) is 0 Å². The summed E-state index contributed by atoms with van der Waals surface area (Å²) >= 11 is 1.45. The van der Waals surface area contributed by atoms with Gasteiger partial charge in [-0.25, -0.2) is 9.18 Å². The van der Waals surface area contributed by atoms with Crippen LogP contribution in [0.25, 0.3) is 6.08 Å². The van der Waals surface area contributed by atoms with Crippen LogP contribution in [0.3, 0.4) is 0 Å². The highest BCUT2D eigenvalue weighted by Gasteiger charge is 2.25. The Morgan fingerprint density at radius 3 is 2.62 bits per heavy atom. The molecule has 26 heavy (non-hydrogen) atoms. The number of benzene rings is 1. The number of fused-ring (bicyclic) bond motifs is 1. The molecule has 0 atom stereocenters. The number of hydrogen-bond donors (Lipinski definition) is 1. The van der Waals surface area contributed by atoms with Gasteiger partial charge in [0.2, 0.25) is 5.91 Å². The summed E-state index contributed by atoms with van der Waals surface area (Å²) in [5, 5.41) is 3.34. The van der Waals surface area contributed by atoms with Crippen molar-refractivity contribution in [1.82, 2.24) is 0 Å². The highest BCUT2D eigenvalue weighted by molar-refractivity contribution is 7.17. The molecule has 4 nitrogen and oxygen atoms in total. The molecule has 2 aromatic rings. The zero-order valence-corrected chi connectivity index (χ0v) is 15.3. The summed E-state index contributed by atoms with van der Waals surface area (Å²) < 4.78 is 17.8. The Morgan fingerprint density at radius 1 is 1.15 bits per heavy atom. The standard InChI is InChI=1S/C20H20FNO3S/c1-25-20(24)18-15-5-3-2-4-6-16(15)26-19(18)22-17(23)12-9-13-7-10-14(21)11-8-13/h7-12H,2-6H2,1H3,(H,22,23)/b12-9+. The maximum absolute atomic E-state index is 12.9. The zero-order chi connectivity index (χ0) is 18.5. The van der Waals surface area contributed by atoms with Gasteiger partial charge in [0.25, 0.3) is 0 Å². The largest absolute Gasteiger partial charge is 0.465 e. The molecule has 1 amide bonds. The first-order valence-corrected chi connectivity index (χ1v) is 9.37. The van der Waals surface area contributed by atoms with E-state index in [2.05, 4.69) is 5.32 Å². The van der Waals surface area contributed by atoms with Gasteiger partial charge < -0.3 is 10.1 Å². The van der Waals surface area contributed by atoms with Crippen LogP contribution in [0.1, 0.15) is 45.6 Å². The number of carbonyl (C=O) groups is 2. The van der Waals surface area contributed by atoms with Crippen LogP contribution in [0.4, 0.5) is 9.39 Å². The van der Waals surface area contributed by atoms with Crippen LogP contribution in [0.2, 0.25) is 0 Å². The van der Waals surface area contributed by atoms with E-state index in [9.17, 15) is 14.0 Å². The summed E-state index contributed by atoms with van der Waals surface area (Å²) in [5.41, 5.74) is 2.21. The third-order valence-electron chi connectivity index (χ3n) is 4.34. The number of rotatable bonds is 4. The molecular weight excluding hydrogens is 353 g/mol. The molecule has 0 spiro atoms. The average molecular weight is 373 g/mol. The van der Waals surface area contributed by atoms with Gasteiger partial charge in [-0.1, -0.05) is 18.6 Å². The molecule has 1 aromatic carbocycles.